The van der Waals surface area contributed by atoms with Crippen LogP contribution in [-0.4, -0.2) is 43.8 Å². The van der Waals surface area contributed by atoms with Crippen LogP contribution >= 0.6 is 0 Å². The van der Waals surface area contributed by atoms with Gasteiger partial charge >= 0.3 is 16.5 Å². The summed E-state index contributed by atoms with van der Waals surface area (Å²) in [5.74, 6) is -4.99. The number of phenolic OH excluding ortho intramolecular Hbond substituents is 2. The van der Waals surface area contributed by atoms with Gasteiger partial charge < -0.3 is 40.2 Å². The Morgan fingerprint density at radius 2 is 1.12 bits per heavy atom. The van der Waals surface area contributed by atoms with Crippen LogP contribution in [0.15, 0.2) is 76.7 Å². The van der Waals surface area contributed by atoms with Crippen molar-refractivity contribution in [1.29, 1.82) is 0 Å². The fraction of sp³-hybridized carbons (Fsp3) is 0.455. The van der Waals surface area contributed by atoms with Gasteiger partial charge in [-0.25, -0.2) is 0 Å². The summed E-state index contributed by atoms with van der Waals surface area (Å²) in [4.78, 5) is 32.0. The molecule has 0 fully saturated rings. The Morgan fingerprint density at radius 1 is 0.606 bits per heavy atom. The number of benzene rings is 4. The Labute approximate surface area is 404 Å². The second-order valence-electron chi connectivity index (χ2n) is 16.5. The number of unbranched alkanes of at least 4 members (excludes halogenated alkanes) is 4. The van der Waals surface area contributed by atoms with E-state index < -0.39 is 34.9 Å². The molecule has 4 aromatic rings. The molecule has 0 aliphatic carbocycles. The number of hydrogen-bond acceptors (Lipinski definition) is 10. The Hall–Kier alpha value is -5.41. The van der Waals surface area contributed by atoms with E-state index in [2.05, 4.69) is 89.2 Å². The molecule has 4 rings (SSSR count). The van der Waals surface area contributed by atoms with E-state index in [9.17, 15) is 40.2 Å². The number of aromatic hydroxyl groups is 4. The normalized spacial score (nSPS) is 11.3. The maximum Gasteiger partial charge on any atom is 2.00 e. The first-order valence-electron chi connectivity index (χ1n) is 23.6. The Balaban J connectivity index is 0.000000577. The zero-order valence-corrected chi connectivity index (χ0v) is 41.8. The summed E-state index contributed by atoms with van der Waals surface area (Å²) < 4.78 is 0. The number of phenols is 4. The van der Waals surface area contributed by atoms with Crippen molar-refractivity contribution in [3.63, 3.8) is 0 Å². The molecular weight excluding hydrogens is 875 g/mol. The SMILES string of the molecule is CC=CCCc1ccccc1N=C(CCCCC)C(C)=Nc1ccc(CCCC)c(CCCC)c1.CCCc1c(C)cc(O)c(O)c1C(=O)[O-].CCCc1c(C)cc(O)c(O)c1C(=O)[O-].[Ni+2]. The number of aryl methyl sites for hydroxylation is 5. The third kappa shape index (κ3) is 18.5. The largest absolute Gasteiger partial charge is 2.00 e. The van der Waals surface area contributed by atoms with Crippen molar-refractivity contribution >= 4 is 34.7 Å². The Morgan fingerprint density at radius 3 is 1.61 bits per heavy atom. The summed E-state index contributed by atoms with van der Waals surface area (Å²) in [6.07, 6.45) is 20.8. The summed E-state index contributed by atoms with van der Waals surface area (Å²) in [6.45, 7) is 18.2. The first-order valence-corrected chi connectivity index (χ1v) is 23.6. The number of rotatable bonds is 22. The molecule has 0 radical (unpaired) electrons. The average molecular weight is 950 g/mol. The number of hydrogen-bond donors (Lipinski definition) is 4. The van der Waals surface area contributed by atoms with Crippen molar-refractivity contribution in [2.45, 2.75) is 165 Å². The summed E-state index contributed by atoms with van der Waals surface area (Å²) in [5, 5.41) is 59.1. The molecule has 11 heteroatoms. The standard InChI is InChI=1S/C33H48N2.2C11H14O4.Ni/c1-6-10-14-20-29-21-16-17-23-33(29)35-32(22-15-11-7-2)27(5)34-31-25-24-28(18-12-8-3)30(26-31)19-13-9-4;2*1-3-4-7-6(2)5-8(12)10(13)9(7)11(14)15;/h6,10,16-17,21,23-26H,7-9,11-15,18-20,22H2,1-5H3;2*5,12-13H,3-4H2,1-2H3,(H,14,15);/q;;;+2/p-2. The van der Waals surface area contributed by atoms with E-state index in [-0.39, 0.29) is 27.6 Å². The van der Waals surface area contributed by atoms with Gasteiger partial charge in [0.1, 0.15) is 0 Å². The van der Waals surface area contributed by atoms with Gasteiger partial charge in [-0.2, -0.15) is 0 Å². The molecule has 0 aromatic heterocycles. The predicted molar refractivity (Wildman–Crippen MR) is 263 cm³/mol. The quantitative estimate of drug-likeness (QED) is 0.0197. The predicted octanol–water partition coefficient (Wildman–Crippen LogP) is 11.8. The minimum absolute atomic E-state index is 0. The number of allylic oxidation sites excluding steroid dienone is 2. The molecule has 0 aliphatic heterocycles. The van der Waals surface area contributed by atoms with Crippen molar-refractivity contribution in [3.05, 3.63) is 117 Å². The summed E-state index contributed by atoms with van der Waals surface area (Å²) >= 11 is 0. The van der Waals surface area contributed by atoms with E-state index in [4.69, 9.17) is 9.98 Å². The van der Waals surface area contributed by atoms with E-state index in [0.717, 1.165) is 67.7 Å². The summed E-state index contributed by atoms with van der Waals surface area (Å²) in [6, 6.07) is 18.2. The van der Waals surface area contributed by atoms with Crippen LogP contribution in [0.3, 0.4) is 0 Å². The average Bonchev–Trinajstić information content (AvgIpc) is 3.27. The second-order valence-corrected chi connectivity index (χ2v) is 16.5. The van der Waals surface area contributed by atoms with Gasteiger partial charge in [-0.3, -0.25) is 9.98 Å². The van der Waals surface area contributed by atoms with Gasteiger partial charge in [-0.1, -0.05) is 110 Å². The smallest absolute Gasteiger partial charge is 0.545 e. The number of carbonyl (C=O) groups is 2. The van der Waals surface area contributed by atoms with Crippen LogP contribution in [0.2, 0.25) is 0 Å². The number of carbonyl (C=O) groups excluding carboxylic acids is 2. The molecule has 10 nitrogen and oxygen atoms in total. The van der Waals surface area contributed by atoms with Crippen LogP contribution in [0, 0.1) is 13.8 Å². The van der Waals surface area contributed by atoms with Crippen molar-refractivity contribution < 1.29 is 56.7 Å². The van der Waals surface area contributed by atoms with Crippen LogP contribution in [0.4, 0.5) is 11.4 Å². The van der Waals surface area contributed by atoms with Crippen molar-refractivity contribution in [1.82, 2.24) is 0 Å². The molecule has 0 spiro atoms. The zero-order valence-electron chi connectivity index (χ0n) is 40.8. The van der Waals surface area contributed by atoms with Gasteiger partial charge in [0.05, 0.1) is 34.7 Å². The molecule has 0 heterocycles. The molecule has 4 N–H and O–H groups in total. The molecule has 0 saturated heterocycles. The van der Waals surface area contributed by atoms with Crippen LogP contribution in [0.1, 0.15) is 179 Å². The Kier molecular flexibility index (Phi) is 28.0. The van der Waals surface area contributed by atoms with Crippen LogP contribution in [0.25, 0.3) is 0 Å². The van der Waals surface area contributed by atoms with Gasteiger partial charge in [-0.05, 0) is 161 Å². The van der Waals surface area contributed by atoms with Gasteiger partial charge in [0.15, 0.2) is 23.0 Å². The van der Waals surface area contributed by atoms with E-state index in [1.165, 1.54) is 73.8 Å². The minimum Gasteiger partial charge on any atom is -0.545 e. The molecule has 362 valence electrons. The zero-order chi connectivity index (χ0) is 48.5. The third-order valence-corrected chi connectivity index (χ3v) is 11.2. The number of para-hydroxylation sites is 1. The van der Waals surface area contributed by atoms with E-state index in [1.807, 2.05) is 13.8 Å². The van der Waals surface area contributed by atoms with Crippen molar-refractivity contribution in [2.24, 2.45) is 9.98 Å². The van der Waals surface area contributed by atoms with E-state index >= 15 is 0 Å². The third-order valence-electron chi connectivity index (χ3n) is 11.2. The van der Waals surface area contributed by atoms with Crippen LogP contribution in [0.5, 0.6) is 23.0 Å². The molecule has 0 unspecified atom stereocenters. The number of aliphatic imine (C=N–C) groups is 2. The minimum atomic E-state index is -1.46. The molecular formula is C55H74N2NiO8. The molecule has 0 bridgehead atoms. The van der Waals surface area contributed by atoms with E-state index in [1.54, 1.807) is 13.8 Å². The summed E-state index contributed by atoms with van der Waals surface area (Å²) in [5.41, 5.74) is 10.4. The fourth-order valence-corrected chi connectivity index (χ4v) is 7.63. The van der Waals surface area contributed by atoms with Crippen LogP contribution < -0.4 is 10.2 Å². The van der Waals surface area contributed by atoms with Crippen molar-refractivity contribution in [2.75, 3.05) is 0 Å². The molecule has 4 aromatic carbocycles. The fourth-order valence-electron chi connectivity index (χ4n) is 7.63. The maximum atomic E-state index is 10.8. The van der Waals surface area contributed by atoms with Crippen LogP contribution in [-0.2, 0) is 48.6 Å². The monoisotopic (exact) mass is 948 g/mol. The molecule has 0 atom stereocenters. The first kappa shape index (κ1) is 58.6. The molecule has 66 heavy (non-hydrogen) atoms. The maximum absolute atomic E-state index is 10.8. The van der Waals surface area contributed by atoms with Crippen molar-refractivity contribution in [3.8, 4) is 23.0 Å². The van der Waals surface area contributed by atoms with Gasteiger partial charge in [0.25, 0.3) is 0 Å². The number of nitrogens with zero attached hydrogens (tertiary/aromatic N) is 2. The summed E-state index contributed by atoms with van der Waals surface area (Å²) in [7, 11) is 0. The molecule has 0 aliphatic rings. The molecule has 0 amide bonds. The number of carboxylic acids is 2. The van der Waals surface area contributed by atoms with Gasteiger partial charge in [0, 0.05) is 11.1 Å². The topological polar surface area (TPSA) is 186 Å². The van der Waals surface area contributed by atoms with Gasteiger partial charge in [-0.15, -0.1) is 0 Å². The first-order chi connectivity index (χ1) is 31.1. The van der Waals surface area contributed by atoms with Gasteiger partial charge in [0.2, 0.25) is 0 Å². The molecule has 0 saturated carbocycles. The second kappa shape index (κ2) is 31.5. The Bertz CT molecular complexity index is 2170. The number of aromatic carboxylic acids is 2. The number of carboxylic acid groups (broad SMARTS) is 2. The van der Waals surface area contributed by atoms with E-state index in [0.29, 0.717) is 35.1 Å².